The minimum atomic E-state index is -0.479. The Morgan fingerprint density at radius 3 is 2.15 bits per heavy atom. The van der Waals surface area contributed by atoms with Crippen LogP contribution in [-0.4, -0.2) is 5.91 Å². The van der Waals surface area contributed by atoms with Gasteiger partial charge in [-0.2, -0.15) is 5.26 Å². The normalized spacial score (nSPS) is 11.1. The lowest BCUT2D eigenvalue weighted by Crippen LogP contribution is -2.13. The molecule has 0 saturated heterocycles. The number of hydrogen-bond acceptors (Lipinski definition) is 4. The van der Waals surface area contributed by atoms with Gasteiger partial charge in [0.05, 0.1) is 0 Å². The Labute approximate surface area is 240 Å². The van der Waals surface area contributed by atoms with Crippen molar-refractivity contribution in [1.29, 1.82) is 5.26 Å². The van der Waals surface area contributed by atoms with Gasteiger partial charge < -0.3 is 14.8 Å². The molecule has 0 aliphatic carbocycles. The number of nitriles is 1. The molecule has 5 rings (SSSR count). The van der Waals surface area contributed by atoms with E-state index in [9.17, 15) is 10.1 Å². The molecule has 5 aromatic carbocycles. The van der Waals surface area contributed by atoms with Gasteiger partial charge in [0.25, 0.3) is 5.91 Å². The Hall–Kier alpha value is -5.34. The van der Waals surface area contributed by atoms with E-state index in [4.69, 9.17) is 9.47 Å². The molecule has 0 atom stereocenters. The molecular weight excluding hydrogens is 508 g/mol. The number of carbonyl (C=O) groups excluding carboxylic acids is 1. The summed E-state index contributed by atoms with van der Waals surface area (Å²) < 4.78 is 11.9. The van der Waals surface area contributed by atoms with Crippen molar-refractivity contribution in [3.63, 3.8) is 0 Å². The first-order valence-electron chi connectivity index (χ1n) is 13.4. The van der Waals surface area contributed by atoms with Crippen LogP contribution in [0.25, 0.3) is 16.8 Å². The predicted octanol–water partition coefficient (Wildman–Crippen LogP) is 8.16. The molecule has 0 aromatic heterocycles. The second-order valence-corrected chi connectivity index (χ2v) is 9.86. The average Bonchev–Trinajstić information content (AvgIpc) is 3.00. The average molecular weight is 539 g/mol. The van der Waals surface area contributed by atoms with Crippen molar-refractivity contribution in [2.45, 2.75) is 27.1 Å². The lowest BCUT2D eigenvalue weighted by atomic mass is 10.0. The monoisotopic (exact) mass is 538 g/mol. The third-order valence-electron chi connectivity index (χ3n) is 6.85. The summed E-state index contributed by atoms with van der Waals surface area (Å²) in [4.78, 5) is 12.8. The first kappa shape index (κ1) is 27.2. The van der Waals surface area contributed by atoms with Crippen molar-refractivity contribution in [3.8, 4) is 17.6 Å². The zero-order valence-electron chi connectivity index (χ0n) is 23.1. The summed E-state index contributed by atoms with van der Waals surface area (Å²) >= 11 is 0. The summed E-state index contributed by atoms with van der Waals surface area (Å²) in [6.45, 7) is 5.04. The summed E-state index contributed by atoms with van der Waals surface area (Å²) in [5.41, 5.74) is 5.92. The third kappa shape index (κ3) is 7.00. The maximum atomic E-state index is 12.8. The standard InChI is InChI=1S/C36H30N2O3/c1-25-7-10-28(11-8-25)23-40-33-19-15-31(16-20-33)38-36(39)30(22-37)21-27-12-17-32(18-13-27)41-24-35-26(2)9-14-29-5-3-4-6-34(29)35/h3-21H,23-24H2,1-2H3,(H,38,39)/b30-21+. The second kappa shape index (κ2) is 12.7. The third-order valence-corrected chi connectivity index (χ3v) is 6.85. The molecule has 1 amide bonds. The van der Waals surface area contributed by atoms with Gasteiger partial charge >= 0.3 is 0 Å². The number of ether oxygens (including phenoxy) is 2. The first-order valence-corrected chi connectivity index (χ1v) is 13.4. The number of nitrogens with one attached hydrogen (secondary N) is 1. The molecule has 5 nitrogen and oxygen atoms in total. The molecule has 0 aliphatic rings. The van der Waals surface area contributed by atoms with E-state index in [2.05, 4.69) is 36.5 Å². The Bertz CT molecular complexity index is 1730. The highest BCUT2D eigenvalue weighted by molar-refractivity contribution is 6.09. The van der Waals surface area contributed by atoms with Crippen LogP contribution in [0.5, 0.6) is 11.5 Å². The Balaban J connectivity index is 1.18. The van der Waals surface area contributed by atoms with E-state index in [1.165, 1.54) is 21.9 Å². The Kier molecular flexibility index (Phi) is 8.42. The number of rotatable bonds is 9. The van der Waals surface area contributed by atoms with E-state index in [0.29, 0.717) is 30.4 Å². The van der Waals surface area contributed by atoms with Gasteiger partial charge in [0.15, 0.2) is 0 Å². The van der Waals surface area contributed by atoms with Crippen LogP contribution in [0.3, 0.4) is 0 Å². The molecule has 0 bridgehead atoms. The molecule has 0 spiro atoms. The molecule has 5 aromatic rings. The predicted molar refractivity (Wildman–Crippen MR) is 164 cm³/mol. The second-order valence-electron chi connectivity index (χ2n) is 9.86. The van der Waals surface area contributed by atoms with Gasteiger partial charge in [-0.3, -0.25) is 4.79 Å². The van der Waals surface area contributed by atoms with Crippen molar-refractivity contribution in [1.82, 2.24) is 0 Å². The van der Waals surface area contributed by atoms with Gasteiger partial charge in [-0.15, -0.1) is 0 Å². The van der Waals surface area contributed by atoms with Crippen molar-refractivity contribution in [2.75, 3.05) is 5.32 Å². The number of fused-ring (bicyclic) bond motifs is 1. The summed E-state index contributed by atoms with van der Waals surface area (Å²) in [7, 11) is 0. The molecule has 202 valence electrons. The van der Waals surface area contributed by atoms with Gasteiger partial charge in [-0.1, -0.05) is 78.4 Å². The van der Waals surface area contributed by atoms with E-state index >= 15 is 0 Å². The fourth-order valence-corrected chi connectivity index (χ4v) is 4.45. The van der Waals surface area contributed by atoms with Gasteiger partial charge in [0.2, 0.25) is 0 Å². The van der Waals surface area contributed by atoms with Crippen molar-refractivity contribution in [2.24, 2.45) is 0 Å². The molecule has 0 unspecified atom stereocenters. The highest BCUT2D eigenvalue weighted by atomic mass is 16.5. The van der Waals surface area contributed by atoms with Crippen LogP contribution in [-0.2, 0) is 18.0 Å². The molecule has 5 heteroatoms. The maximum absolute atomic E-state index is 12.8. The zero-order chi connectivity index (χ0) is 28.6. The van der Waals surface area contributed by atoms with Crippen molar-refractivity contribution in [3.05, 3.63) is 143 Å². The lowest BCUT2D eigenvalue weighted by Gasteiger charge is -2.12. The summed E-state index contributed by atoms with van der Waals surface area (Å²) in [5.74, 6) is 0.923. The van der Waals surface area contributed by atoms with E-state index < -0.39 is 5.91 Å². The SMILES string of the molecule is Cc1ccc(COc2ccc(NC(=O)/C(C#N)=C/c3ccc(OCc4c(C)ccc5ccccc45)cc3)cc2)cc1. The molecule has 0 aliphatic heterocycles. The minimum absolute atomic E-state index is 0.00439. The van der Waals surface area contributed by atoms with Crippen LogP contribution in [0.4, 0.5) is 5.69 Å². The zero-order valence-corrected chi connectivity index (χ0v) is 23.1. The largest absolute Gasteiger partial charge is 0.489 e. The first-order chi connectivity index (χ1) is 20.0. The molecule has 0 radical (unpaired) electrons. The topological polar surface area (TPSA) is 71.3 Å². The van der Waals surface area contributed by atoms with Crippen LogP contribution in [0.1, 0.15) is 27.8 Å². The number of carbonyl (C=O) groups is 1. The number of anilines is 1. The fourth-order valence-electron chi connectivity index (χ4n) is 4.45. The number of aryl methyl sites for hydroxylation is 2. The molecule has 1 N–H and O–H groups in total. The number of nitrogens with zero attached hydrogens (tertiary/aromatic N) is 1. The van der Waals surface area contributed by atoms with E-state index in [1.807, 2.05) is 73.7 Å². The Morgan fingerprint density at radius 1 is 0.780 bits per heavy atom. The number of benzene rings is 5. The summed E-state index contributed by atoms with van der Waals surface area (Å²) in [5, 5.41) is 14.8. The van der Waals surface area contributed by atoms with Gasteiger partial charge in [-0.05, 0) is 83.8 Å². The van der Waals surface area contributed by atoms with Crippen LogP contribution in [0.2, 0.25) is 0 Å². The van der Waals surface area contributed by atoms with E-state index in [-0.39, 0.29) is 5.57 Å². The van der Waals surface area contributed by atoms with Crippen molar-refractivity contribution >= 4 is 28.4 Å². The molecule has 0 heterocycles. The highest BCUT2D eigenvalue weighted by Gasteiger charge is 2.11. The smallest absolute Gasteiger partial charge is 0.266 e. The molecule has 0 fully saturated rings. The summed E-state index contributed by atoms with van der Waals surface area (Å²) in [6.07, 6.45) is 1.56. The lowest BCUT2D eigenvalue weighted by molar-refractivity contribution is -0.112. The van der Waals surface area contributed by atoms with Gasteiger partial charge in [-0.25, -0.2) is 0 Å². The fraction of sp³-hybridized carbons (Fsp3) is 0.111. The summed E-state index contributed by atoms with van der Waals surface area (Å²) in [6, 6.07) is 37.1. The molecule has 0 saturated carbocycles. The Morgan fingerprint density at radius 2 is 1.44 bits per heavy atom. The van der Waals surface area contributed by atoms with Gasteiger partial charge in [0.1, 0.15) is 36.4 Å². The van der Waals surface area contributed by atoms with Crippen LogP contribution in [0.15, 0.2) is 115 Å². The van der Waals surface area contributed by atoms with E-state index in [0.717, 1.165) is 16.7 Å². The van der Waals surface area contributed by atoms with Gasteiger partial charge in [0, 0.05) is 11.3 Å². The van der Waals surface area contributed by atoms with Crippen molar-refractivity contribution < 1.29 is 14.3 Å². The molecule has 41 heavy (non-hydrogen) atoms. The van der Waals surface area contributed by atoms with Crippen LogP contribution < -0.4 is 14.8 Å². The van der Waals surface area contributed by atoms with Crippen LogP contribution in [0, 0.1) is 25.2 Å². The number of hydrogen-bond donors (Lipinski definition) is 1. The minimum Gasteiger partial charge on any atom is -0.489 e. The number of amides is 1. The maximum Gasteiger partial charge on any atom is 0.266 e. The van der Waals surface area contributed by atoms with Crippen LogP contribution >= 0.6 is 0 Å². The van der Waals surface area contributed by atoms with E-state index in [1.54, 1.807) is 30.3 Å². The highest BCUT2D eigenvalue weighted by Crippen LogP contribution is 2.25. The quantitative estimate of drug-likeness (QED) is 0.152. The molecular formula is C36H30N2O3.